The van der Waals surface area contributed by atoms with Crippen molar-refractivity contribution in [2.45, 2.75) is 39.5 Å². The molecule has 0 spiro atoms. The van der Waals surface area contributed by atoms with Crippen LogP contribution in [0.5, 0.6) is 0 Å². The zero-order valence-corrected chi connectivity index (χ0v) is 15.4. The van der Waals surface area contributed by atoms with E-state index in [1.54, 1.807) is 26.0 Å². The van der Waals surface area contributed by atoms with Gasteiger partial charge in [0.1, 0.15) is 12.6 Å². The third-order valence-electron chi connectivity index (χ3n) is 3.51. The number of nitrogens with one attached hydrogen (secondary N) is 2. The largest absolute Gasteiger partial charge is 0.445 e. The predicted octanol–water partition coefficient (Wildman–Crippen LogP) is 1.62. The fraction of sp³-hybridized carbons (Fsp3) is 0.500. The Morgan fingerprint density at radius 2 is 1.72 bits per heavy atom. The lowest BCUT2D eigenvalue weighted by Gasteiger charge is -2.24. The van der Waals surface area contributed by atoms with Gasteiger partial charge in [-0.05, 0) is 18.4 Å². The van der Waals surface area contributed by atoms with Crippen molar-refractivity contribution in [3.63, 3.8) is 0 Å². The number of rotatable bonds is 8. The summed E-state index contributed by atoms with van der Waals surface area (Å²) in [6.07, 6.45) is -1.20. The number of benzene rings is 1. The van der Waals surface area contributed by atoms with Gasteiger partial charge in [0.15, 0.2) is 0 Å². The first-order valence-corrected chi connectivity index (χ1v) is 9.70. The fourth-order valence-corrected chi connectivity index (χ4v) is 3.02. The molecular formula is C16H25N2O6P. The third kappa shape index (κ3) is 8.67. The molecule has 0 radical (unpaired) electrons. The highest BCUT2D eigenvalue weighted by atomic mass is 31.2. The van der Waals surface area contributed by atoms with Gasteiger partial charge in [-0.2, -0.15) is 0 Å². The molecule has 0 aliphatic carbocycles. The molecule has 2 amide bonds. The number of hydrogen-bond acceptors (Lipinski definition) is 4. The van der Waals surface area contributed by atoms with Crippen LogP contribution in [0.4, 0.5) is 4.79 Å². The van der Waals surface area contributed by atoms with Crippen molar-refractivity contribution in [2.24, 2.45) is 5.92 Å². The molecule has 8 nitrogen and oxygen atoms in total. The van der Waals surface area contributed by atoms with Crippen LogP contribution in [0.15, 0.2) is 30.3 Å². The summed E-state index contributed by atoms with van der Waals surface area (Å²) in [6.45, 7) is 5.03. The Hall–Kier alpha value is -1.89. The summed E-state index contributed by atoms with van der Waals surface area (Å²) in [7, 11) is -4.26. The van der Waals surface area contributed by atoms with Gasteiger partial charge in [0, 0.05) is 6.04 Å². The van der Waals surface area contributed by atoms with E-state index in [1.165, 1.54) is 6.92 Å². The lowest BCUT2D eigenvalue weighted by molar-refractivity contribution is -0.123. The summed E-state index contributed by atoms with van der Waals surface area (Å²) in [6, 6.07) is 7.49. The third-order valence-corrected chi connectivity index (χ3v) is 4.38. The van der Waals surface area contributed by atoms with Gasteiger partial charge < -0.3 is 25.2 Å². The molecule has 0 aliphatic heterocycles. The van der Waals surface area contributed by atoms with Crippen LogP contribution in [0.1, 0.15) is 26.3 Å². The number of amides is 2. The van der Waals surface area contributed by atoms with E-state index in [9.17, 15) is 14.2 Å². The van der Waals surface area contributed by atoms with Crippen molar-refractivity contribution in [3.8, 4) is 0 Å². The molecule has 1 rings (SSSR count). The van der Waals surface area contributed by atoms with E-state index in [0.29, 0.717) is 0 Å². The Morgan fingerprint density at radius 1 is 1.12 bits per heavy atom. The second-order valence-electron chi connectivity index (χ2n) is 6.13. The number of alkyl carbamates (subject to hydrolysis) is 1. The second-order valence-corrected chi connectivity index (χ2v) is 7.83. The van der Waals surface area contributed by atoms with Gasteiger partial charge in [0.05, 0.1) is 6.16 Å². The van der Waals surface area contributed by atoms with Crippen LogP contribution < -0.4 is 10.6 Å². The van der Waals surface area contributed by atoms with Gasteiger partial charge in [-0.15, -0.1) is 0 Å². The van der Waals surface area contributed by atoms with E-state index in [4.69, 9.17) is 14.5 Å². The Labute approximate surface area is 147 Å². The van der Waals surface area contributed by atoms with Gasteiger partial charge >= 0.3 is 13.7 Å². The predicted molar refractivity (Wildman–Crippen MR) is 92.9 cm³/mol. The van der Waals surface area contributed by atoms with E-state index in [2.05, 4.69) is 10.6 Å². The summed E-state index contributed by atoms with van der Waals surface area (Å²) in [5.41, 5.74) is 0.816. The first-order valence-electron chi connectivity index (χ1n) is 7.90. The highest BCUT2D eigenvalue weighted by molar-refractivity contribution is 7.51. The van der Waals surface area contributed by atoms with E-state index in [1.807, 2.05) is 18.2 Å². The number of hydrogen-bond donors (Lipinski definition) is 4. The topological polar surface area (TPSA) is 125 Å². The minimum atomic E-state index is -4.26. The monoisotopic (exact) mass is 372 g/mol. The SMILES string of the molecule is CC(C)C(CP(=O)(O)O)NC(=O)[C@H](C)NC(=O)OCc1ccccc1. The second kappa shape index (κ2) is 9.56. The number of ether oxygens (including phenoxy) is 1. The Bertz CT molecular complexity index is 616. The molecule has 1 aromatic rings. The van der Waals surface area contributed by atoms with Crippen LogP contribution >= 0.6 is 7.60 Å². The van der Waals surface area contributed by atoms with Crippen molar-refractivity contribution < 1.29 is 28.7 Å². The van der Waals surface area contributed by atoms with Crippen LogP contribution in [0.3, 0.4) is 0 Å². The molecule has 0 heterocycles. The first-order chi connectivity index (χ1) is 11.6. The van der Waals surface area contributed by atoms with Crippen molar-refractivity contribution in [1.82, 2.24) is 10.6 Å². The standard InChI is InChI=1S/C16H25N2O6P/c1-11(2)14(10-25(21,22)23)18-15(19)12(3)17-16(20)24-9-13-7-5-4-6-8-13/h4-8,11-12,14H,9-10H2,1-3H3,(H,17,20)(H,18,19)(H2,21,22,23)/t12-,14?/m0/s1. The maximum atomic E-state index is 12.1. The van der Waals surface area contributed by atoms with E-state index in [0.717, 1.165) is 5.56 Å². The van der Waals surface area contributed by atoms with Gasteiger partial charge in [0.2, 0.25) is 5.91 Å². The summed E-state index contributed by atoms with van der Waals surface area (Å²) in [5, 5.41) is 4.94. The summed E-state index contributed by atoms with van der Waals surface area (Å²) in [5.74, 6) is -0.711. The molecule has 0 aliphatic rings. The number of carbonyl (C=O) groups excluding carboxylic acids is 2. The highest BCUT2D eigenvalue weighted by Crippen LogP contribution is 2.36. The molecule has 140 valence electrons. The minimum Gasteiger partial charge on any atom is -0.445 e. The van der Waals surface area contributed by atoms with Gasteiger partial charge in [-0.1, -0.05) is 44.2 Å². The molecule has 2 atom stereocenters. The summed E-state index contributed by atoms with van der Waals surface area (Å²) < 4.78 is 16.2. The zero-order valence-electron chi connectivity index (χ0n) is 14.5. The number of carbonyl (C=O) groups is 2. The minimum absolute atomic E-state index is 0.0772. The maximum Gasteiger partial charge on any atom is 0.408 e. The molecule has 1 aromatic carbocycles. The molecule has 0 bridgehead atoms. The normalized spacial score (nSPS) is 13.8. The molecule has 1 unspecified atom stereocenters. The molecular weight excluding hydrogens is 347 g/mol. The van der Waals surface area contributed by atoms with Crippen molar-refractivity contribution >= 4 is 19.6 Å². The fourth-order valence-electron chi connectivity index (χ4n) is 1.99. The van der Waals surface area contributed by atoms with E-state index >= 15 is 0 Å². The van der Waals surface area contributed by atoms with Gasteiger partial charge in [-0.3, -0.25) is 9.36 Å². The summed E-state index contributed by atoms with van der Waals surface area (Å²) >= 11 is 0. The smallest absolute Gasteiger partial charge is 0.408 e. The lowest BCUT2D eigenvalue weighted by Crippen LogP contribution is -2.50. The van der Waals surface area contributed by atoms with Crippen LogP contribution in [-0.2, 0) is 20.7 Å². The van der Waals surface area contributed by atoms with E-state index in [-0.39, 0.29) is 12.5 Å². The Balaban J connectivity index is 2.48. The molecule has 4 N–H and O–H groups in total. The molecule has 25 heavy (non-hydrogen) atoms. The van der Waals surface area contributed by atoms with Crippen molar-refractivity contribution in [3.05, 3.63) is 35.9 Å². The highest BCUT2D eigenvalue weighted by Gasteiger charge is 2.27. The average Bonchev–Trinajstić information content (AvgIpc) is 2.51. The van der Waals surface area contributed by atoms with Gasteiger partial charge in [0.25, 0.3) is 0 Å². The van der Waals surface area contributed by atoms with E-state index < -0.39 is 37.8 Å². The molecule has 0 saturated carbocycles. The van der Waals surface area contributed by atoms with Crippen LogP contribution in [0, 0.1) is 5.92 Å². The van der Waals surface area contributed by atoms with Crippen molar-refractivity contribution in [1.29, 1.82) is 0 Å². The molecule has 9 heteroatoms. The maximum absolute atomic E-state index is 12.1. The molecule has 0 fully saturated rings. The Morgan fingerprint density at radius 3 is 2.24 bits per heavy atom. The van der Waals surface area contributed by atoms with Crippen molar-refractivity contribution in [2.75, 3.05) is 6.16 Å². The van der Waals surface area contributed by atoms with Crippen LogP contribution in [0.2, 0.25) is 0 Å². The average molecular weight is 372 g/mol. The summed E-state index contributed by atoms with van der Waals surface area (Å²) in [4.78, 5) is 42.0. The van der Waals surface area contributed by atoms with Crippen LogP contribution in [0.25, 0.3) is 0 Å². The van der Waals surface area contributed by atoms with Crippen LogP contribution in [-0.4, -0.2) is 40.0 Å². The molecule has 0 aromatic heterocycles. The van der Waals surface area contributed by atoms with Gasteiger partial charge in [-0.25, -0.2) is 4.79 Å². The Kier molecular flexibility index (Phi) is 8.09. The molecule has 0 saturated heterocycles. The first kappa shape index (κ1) is 21.2. The quantitative estimate of drug-likeness (QED) is 0.514. The zero-order chi connectivity index (χ0) is 19.0. The lowest BCUT2D eigenvalue weighted by atomic mass is 10.1.